The Morgan fingerprint density at radius 1 is 0.466 bits per heavy atom. The molecule has 1 aliphatic carbocycles. The lowest BCUT2D eigenvalue weighted by molar-refractivity contribution is 0.665. The smallest absolute Gasteiger partial charge is 0.170 e. The van der Waals surface area contributed by atoms with Gasteiger partial charge in [-0.3, -0.25) is 0 Å². The summed E-state index contributed by atoms with van der Waals surface area (Å²) in [7, 11) is 0. The zero-order chi connectivity index (χ0) is 38.2. The number of para-hydroxylation sites is 1. The Labute approximate surface area is 335 Å². The Bertz CT molecular complexity index is 3350. The second-order valence-corrected chi connectivity index (χ2v) is 15.7. The van der Waals surface area contributed by atoms with E-state index in [0.717, 1.165) is 68.5 Å². The fraction of sp³-hybridized carbons (Fsp3) is 0.0741. The second-order valence-electron chi connectivity index (χ2n) is 15.7. The summed E-state index contributed by atoms with van der Waals surface area (Å²) in [4.78, 5) is 10.9. The lowest BCUT2D eigenvalue weighted by Gasteiger charge is -2.25. The van der Waals surface area contributed by atoms with Gasteiger partial charge in [-0.25, -0.2) is 9.98 Å². The fourth-order valence-electron chi connectivity index (χ4n) is 9.54. The van der Waals surface area contributed by atoms with Crippen LogP contribution >= 0.6 is 0 Å². The van der Waals surface area contributed by atoms with Crippen molar-refractivity contribution in [2.24, 2.45) is 9.98 Å². The Kier molecular flexibility index (Phi) is 7.45. The van der Waals surface area contributed by atoms with E-state index in [1.54, 1.807) is 0 Å². The number of amidine groups is 2. The molecule has 4 heteroatoms. The maximum atomic E-state index is 6.76. The van der Waals surface area contributed by atoms with Crippen LogP contribution in [0.4, 0.5) is 0 Å². The van der Waals surface area contributed by atoms with Crippen molar-refractivity contribution in [3.8, 4) is 11.1 Å². The number of fused-ring (bicyclic) bond motifs is 9. The molecule has 0 bridgehead atoms. The summed E-state index contributed by atoms with van der Waals surface area (Å²) in [6.45, 7) is 0. The van der Waals surface area contributed by atoms with Gasteiger partial charge in [0.1, 0.15) is 22.8 Å². The number of furan rings is 1. The van der Waals surface area contributed by atoms with Crippen LogP contribution in [0, 0.1) is 0 Å². The lowest BCUT2D eigenvalue weighted by Crippen LogP contribution is -2.36. The van der Waals surface area contributed by atoms with Gasteiger partial charge in [0.25, 0.3) is 0 Å². The molecular formula is C54H37N3O. The molecule has 0 spiro atoms. The van der Waals surface area contributed by atoms with Gasteiger partial charge in [0.05, 0.1) is 0 Å². The van der Waals surface area contributed by atoms with Crippen LogP contribution < -0.4 is 5.32 Å². The molecule has 0 fully saturated rings. The first-order valence-corrected chi connectivity index (χ1v) is 20.2. The third-order valence-corrected chi connectivity index (χ3v) is 12.3. The molecule has 4 nitrogen and oxygen atoms in total. The van der Waals surface area contributed by atoms with Gasteiger partial charge < -0.3 is 9.73 Å². The summed E-state index contributed by atoms with van der Waals surface area (Å²) in [6, 6.07) is 65.6. The van der Waals surface area contributed by atoms with Gasteiger partial charge in [-0.2, -0.15) is 0 Å². The Morgan fingerprint density at radius 3 is 2.02 bits per heavy atom. The van der Waals surface area contributed by atoms with Gasteiger partial charge in [-0.15, -0.1) is 0 Å². The summed E-state index contributed by atoms with van der Waals surface area (Å²) >= 11 is 0. The average molecular weight is 744 g/mol. The van der Waals surface area contributed by atoms with Crippen LogP contribution in [0.15, 0.2) is 196 Å². The highest BCUT2D eigenvalue weighted by atomic mass is 16.3. The summed E-state index contributed by atoms with van der Waals surface area (Å²) in [5.41, 5.74) is 11.4. The number of aliphatic imine (C=N–C) groups is 2. The molecule has 2 atom stereocenters. The molecule has 2 unspecified atom stereocenters. The normalized spacial score (nSPS) is 16.5. The van der Waals surface area contributed by atoms with Crippen molar-refractivity contribution in [1.29, 1.82) is 0 Å². The number of benzene rings is 9. The molecule has 1 aromatic heterocycles. The van der Waals surface area contributed by atoms with Crippen molar-refractivity contribution in [2.75, 3.05) is 0 Å². The Balaban J connectivity index is 1.07. The van der Waals surface area contributed by atoms with Crippen LogP contribution in [-0.2, 0) is 6.42 Å². The maximum Gasteiger partial charge on any atom is 0.170 e. The van der Waals surface area contributed by atoms with E-state index >= 15 is 0 Å². The second kappa shape index (κ2) is 13.1. The minimum atomic E-state index is -0.470. The Morgan fingerprint density at radius 2 is 1.14 bits per heavy atom. The molecule has 1 N–H and O–H groups in total. The van der Waals surface area contributed by atoms with Gasteiger partial charge in [0, 0.05) is 33.4 Å². The number of rotatable bonds is 4. The summed E-state index contributed by atoms with van der Waals surface area (Å²) in [5.74, 6) is 1.71. The minimum absolute atomic E-state index is 0.134. The van der Waals surface area contributed by atoms with E-state index in [9.17, 15) is 0 Å². The molecule has 0 radical (unpaired) electrons. The van der Waals surface area contributed by atoms with E-state index in [2.05, 4.69) is 181 Å². The molecule has 9 aromatic carbocycles. The number of nitrogens with one attached hydrogen (secondary N) is 1. The highest BCUT2D eigenvalue weighted by Gasteiger charge is 2.29. The third kappa shape index (κ3) is 5.37. The van der Waals surface area contributed by atoms with E-state index in [1.165, 1.54) is 54.7 Å². The molecule has 0 amide bonds. The van der Waals surface area contributed by atoms with E-state index < -0.39 is 6.17 Å². The van der Waals surface area contributed by atoms with Crippen LogP contribution in [-0.4, -0.2) is 11.7 Å². The van der Waals surface area contributed by atoms with Crippen LogP contribution in [0.1, 0.15) is 51.9 Å². The summed E-state index contributed by atoms with van der Waals surface area (Å²) in [6.07, 6.45) is 1.47. The summed E-state index contributed by atoms with van der Waals surface area (Å²) in [5, 5.41) is 13.2. The quantitative estimate of drug-likeness (QED) is 0.195. The number of hydrogen-bond acceptors (Lipinski definition) is 4. The molecule has 2 heterocycles. The molecule has 1 aliphatic heterocycles. The van der Waals surface area contributed by atoms with Gasteiger partial charge in [0.15, 0.2) is 6.17 Å². The first-order valence-electron chi connectivity index (χ1n) is 20.2. The first kappa shape index (κ1) is 32.9. The average Bonchev–Trinajstić information content (AvgIpc) is 3.59. The van der Waals surface area contributed by atoms with Crippen molar-refractivity contribution in [3.63, 3.8) is 0 Å². The van der Waals surface area contributed by atoms with Crippen LogP contribution in [0.5, 0.6) is 0 Å². The van der Waals surface area contributed by atoms with Crippen molar-refractivity contribution in [1.82, 2.24) is 5.32 Å². The number of nitrogens with zero attached hydrogens (tertiary/aromatic N) is 2. The summed E-state index contributed by atoms with van der Waals surface area (Å²) < 4.78 is 6.76. The van der Waals surface area contributed by atoms with E-state index in [0.29, 0.717) is 0 Å². The van der Waals surface area contributed by atoms with Gasteiger partial charge in [0.2, 0.25) is 0 Å². The first-order chi connectivity index (χ1) is 28.7. The minimum Gasteiger partial charge on any atom is -0.456 e. The fourth-order valence-corrected chi connectivity index (χ4v) is 9.54. The predicted octanol–water partition coefficient (Wildman–Crippen LogP) is 13.3. The number of hydrogen-bond donors (Lipinski definition) is 1. The van der Waals surface area contributed by atoms with Gasteiger partial charge >= 0.3 is 0 Å². The highest BCUT2D eigenvalue weighted by molar-refractivity contribution is 6.24. The van der Waals surface area contributed by atoms with Gasteiger partial charge in [-0.1, -0.05) is 152 Å². The molecule has 0 saturated carbocycles. The zero-order valence-corrected chi connectivity index (χ0v) is 31.7. The van der Waals surface area contributed by atoms with Crippen molar-refractivity contribution in [3.05, 3.63) is 215 Å². The molecule has 2 aliphatic rings. The zero-order valence-electron chi connectivity index (χ0n) is 31.7. The predicted molar refractivity (Wildman–Crippen MR) is 240 cm³/mol. The molecule has 274 valence electrons. The molecule has 0 saturated heterocycles. The van der Waals surface area contributed by atoms with Crippen LogP contribution in [0.25, 0.3) is 65.4 Å². The van der Waals surface area contributed by atoms with Crippen LogP contribution in [0.3, 0.4) is 0 Å². The van der Waals surface area contributed by atoms with E-state index in [4.69, 9.17) is 14.4 Å². The SMILES string of the molecule is c1ccc2c(c1)-c1cc3ccccc3cc1CCC2c1cc(C2=NC(c3cccc4ccccc34)N=C(c3ccc4ccccc4c3)N2)c2c(c1)oc1ccccc12. The van der Waals surface area contributed by atoms with Crippen LogP contribution in [0.2, 0.25) is 0 Å². The largest absolute Gasteiger partial charge is 0.456 e. The van der Waals surface area contributed by atoms with Crippen molar-refractivity contribution >= 4 is 65.9 Å². The topological polar surface area (TPSA) is 49.9 Å². The lowest BCUT2D eigenvalue weighted by atomic mass is 9.84. The van der Waals surface area contributed by atoms with E-state index in [1.807, 2.05) is 6.07 Å². The van der Waals surface area contributed by atoms with E-state index in [-0.39, 0.29) is 5.92 Å². The van der Waals surface area contributed by atoms with Crippen molar-refractivity contribution < 1.29 is 4.42 Å². The van der Waals surface area contributed by atoms with Gasteiger partial charge in [-0.05, 0) is 103 Å². The monoisotopic (exact) mass is 743 g/mol. The molecule has 12 rings (SSSR count). The molecular weight excluding hydrogens is 707 g/mol. The molecule has 10 aromatic rings. The number of aryl methyl sites for hydroxylation is 1. The Hall–Kier alpha value is -7.30. The standard InChI is InChI=1S/C54H37N3O/c1-2-14-35-29-39(25-24-33(35)12-1)52-55-53(45-22-11-17-34-13-5-6-18-41(34)45)57-54(56-52)48-31-40(32-50-51(48)46-21-9-10-23-49(46)58-50)42-27-26-38-28-36-15-3-4-16-37(36)30-47(38)44-20-8-7-19-43(42)44/h1-25,28-32,42,53H,26-27H2,(H,55,56,57). The highest BCUT2D eigenvalue weighted by Crippen LogP contribution is 2.45. The maximum absolute atomic E-state index is 6.76. The molecule has 58 heavy (non-hydrogen) atoms. The van der Waals surface area contributed by atoms with Crippen molar-refractivity contribution in [2.45, 2.75) is 24.9 Å². The third-order valence-electron chi connectivity index (χ3n) is 12.3.